The molecule has 2 rings (SSSR count). The van der Waals surface area contributed by atoms with Gasteiger partial charge in [0.05, 0.1) is 17.7 Å². The third-order valence-corrected chi connectivity index (χ3v) is 3.89. The molecule has 0 radical (unpaired) electrons. The van der Waals surface area contributed by atoms with Crippen LogP contribution in [0, 0.1) is 17.1 Å². The number of ether oxygens (including phenoxy) is 1. The number of hydrogen-bond acceptors (Lipinski definition) is 4. The van der Waals surface area contributed by atoms with Crippen LogP contribution in [-0.4, -0.2) is 23.6 Å². The molecular formula is C16H14FNO2S. The van der Waals surface area contributed by atoms with Crippen molar-refractivity contribution in [3.05, 3.63) is 59.9 Å². The predicted octanol–water partition coefficient (Wildman–Crippen LogP) is 3.23. The van der Waals surface area contributed by atoms with Crippen LogP contribution >= 0.6 is 11.8 Å². The average molecular weight is 303 g/mol. The Morgan fingerprint density at radius 1 is 1.19 bits per heavy atom. The van der Waals surface area contributed by atoms with E-state index >= 15 is 0 Å². The molecule has 0 aromatic heterocycles. The molecule has 5 heteroatoms. The van der Waals surface area contributed by atoms with Crippen molar-refractivity contribution in [1.29, 1.82) is 5.26 Å². The Kier molecular flexibility index (Phi) is 5.61. The predicted molar refractivity (Wildman–Crippen MR) is 79.8 cm³/mol. The van der Waals surface area contributed by atoms with Crippen LogP contribution < -0.4 is 4.74 Å². The Morgan fingerprint density at radius 2 is 1.90 bits per heavy atom. The van der Waals surface area contributed by atoms with Gasteiger partial charge in [-0.15, -0.1) is 11.8 Å². The zero-order chi connectivity index (χ0) is 15.1. The van der Waals surface area contributed by atoms with E-state index in [1.165, 1.54) is 17.8 Å². The maximum atomic E-state index is 13.4. The zero-order valence-corrected chi connectivity index (χ0v) is 12.0. The minimum absolute atomic E-state index is 0.118. The molecule has 0 spiro atoms. The van der Waals surface area contributed by atoms with Crippen LogP contribution in [0.1, 0.15) is 5.56 Å². The molecule has 1 atom stereocenters. The van der Waals surface area contributed by atoms with Crippen LogP contribution in [0.5, 0.6) is 5.75 Å². The second kappa shape index (κ2) is 7.67. The van der Waals surface area contributed by atoms with Gasteiger partial charge in [0.1, 0.15) is 18.2 Å². The summed E-state index contributed by atoms with van der Waals surface area (Å²) in [5, 5.41) is 18.5. The van der Waals surface area contributed by atoms with Crippen molar-refractivity contribution in [2.24, 2.45) is 0 Å². The molecule has 0 amide bonds. The average Bonchev–Trinajstić information content (AvgIpc) is 2.52. The summed E-state index contributed by atoms with van der Waals surface area (Å²) in [7, 11) is 0. The summed E-state index contributed by atoms with van der Waals surface area (Å²) in [6.07, 6.45) is -0.703. The van der Waals surface area contributed by atoms with Crippen molar-refractivity contribution >= 4 is 11.8 Å². The summed E-state index contributed by atoms with van der Waals surface area (Å²) in [5.41, 5.74) is 0.554. The third-order valence-electron chi connectivity index (χ3n) is 2.69. The molecule has 0 saturated carbocycles. The minimum Gasteiger partial charge on any atom is -0.491 e. The Bertz CT molecular complexity index is 625. The van der Waals surface area contributed by atoms with Gasteiger partial charge < -0.3 is 9.84 Å². The smallest absolute Gasteiger partial charge is 0.136 e. The van der Waals surface area contributed by atoms with E-state index in [4.69, 9.17) is 10.00 Å². The van der Waals surface area contributed by atoms with Crippen LogP contribution in [-0.2, 0) is 0 Å². The fraction of sp³-hybridized carbons (Fsp3) is 0.188. The van der Waals surface area contributed by atoms with Crippen molar-refractivity contribution in [2.45, 2.75) is 11.0 Å². The van der Waals surface area contributed by atoms with E-state index in [0.717, 1.165) is 0 Å². The lowest BCUT2D eigenvalue weighted by Gasteiger charge is -2.12. The van der Waals surface area contributed by atoms with E-state index in [9.17, 15) is 9.50 Å². The number of nitrogens with zero attached hydrogens (tertiary/aromatic N) is 1. The molecular weight excluding hydrogens is 289 g/mol. The van der Waals surface area contributed by atoms with Crippen molar-refractivity contribution in [3.63, 3.8) is 0 Å². The largest absolute Gasteiger partial charge is 0.491 e. The number of aliphatic hydroxyl groups excluding tert-OH is 1. The van der Waals surface area contributed by atoms with Gasteiger partial charge in [-0.2, -0.15) is 5.26 Å². The van der Waals surface area contributed by atoms with Gasteiger partial charge in [-0.25, -0.2) is 4.39 Å². The number of benzene rings is 2. The molecule has 0 aliphatic heterocycles. The first-order valence-electron chi connectivity index (χ1n) is 6.37. The minimum atomic E-state index is -0.703. The summed E-state index contributed by atoms with van der Waals surface area (Å²) in [4.78, 5) is 0.509. The highest BCUT2D eigenvalue weighted by Gasteiger charge is 2.08. The highest BCUT2D eigenvalue weighted by Crippen LogP contribution is 2.22. The van der Waals surface area contributed by atoms with Crippen molar-refractivity contribution < 1.29 is 14.2 Å². The molecule has 0 heterocycles. The molecule has 1 N–H and O–H groups in total. The van der Waals surface area contributed by atoms with Gasteiger partial charge in [0, 0.05) is 10.6 Å². The van der Waals surface area contributed by atoms with Crippen LogP contribution in [0.15, 0.2) is 53.4 Å². The molecule has 2 aromatic rings. The van der Waals surface area contributed by atoms with Crippen LogP contribution in [0.25, 0.3) is 0 Å². The number of aliphatic hydroxyl groups is 1. The highest BCUT2D eigenvalue weighted by molar-refractivity contribution is 7.99. The topological polar surface area (TPSA) is 53.2 Å². The fourth-order valence-electron chi connectivity index (χ4n) is 1.61. The van der Waals surface area contributed by atoms with Gasteiger partial charge >= 0.3 is 0 Å². The summed E-state index contributed by atoms with van der Waals surface area (Å²) in [6, 6.07) is 15.1. The van der Waals surface area contributed by atoms with E-state index in [-0.39, 0.29) is 12.4 Å². The first-order valence-corrected chi connectivity index (χ1v) is 7.36. The van der Waals surface area contributed by atoms with Gasteiger partial charge in [-0.05, 0) is 36.4 Å². The summed E-state index contributed by atoms with van der Waals surface area (Å²) in [6.45, 7) is 0.118. The number of thioether (sulfide) groups is 1. The molecule has 0 aliphatic rings. The third kappa shape index (κ3) is 4.78. The molecule has 3 nitrogen and oxygen atoms in total. The van der Waals surface area contributed by atoms with Crippen molar-refractivity contribution in [3.8, 4) is 11.8 Å². The normalized spacial score (nSPS) is 11.7. The van der Waals surface area contributed by atoms with Gasteiger partial charge in [-0.1, -0.05) is 12.1 Å². The Balaban J connectivity index is 1.78. The first kappa shape index (κ1) is 15.4. The Morgan fingerprint density at radius 3 is 2.57 bits per heavy atom. The Hall–Kier alpha value is -2.03. The quantitative estimate of drug-likeness (QED) is 0.832. The second-order valence-corrected chi connectivity index (χ2v) is 5.40. The number of rotatable bonds is 6. The van der Waals surface area contributed by atoms with Crippen molar-refractivity contribution in [2.75, 3.05) is 12.4 Å². The fourth-order valence-corrected chi connectivity index (χ4v) is 2.46. The molecule has 108 valence electrons. The number of halogens is 1. The zero-order valence-electron chi connectivity index (χ0n) is 11.2. The molecule has 0 bridgehead atoms. The van der Waals surface area contributed by atoms with Crippen molar-refractivity contribution in [1.82, 2.24) is 0 Å². The van der Waals surface area contributed by atoms with Gasteiger partial charge in [0.25, 0.3) is 0 Å². The Labute approximate surface area is 127 Å². The lowest BCUT2D eigenvalue weighted by Crippen LogP contribution is -2.20. The molecule has 0 saturated heterocycles. The standard InChI is InChI=1S/C16H14FNO2S/c17-15-3-1-2-4-16(15)21-11-13(19)10-20-14-7-5-12(9-18)6-8-14/h1-8,13,19H,10-11H2. The van der Waals surface area contributed by atoms with Gasteiger partial charge in [-0.3, -0.25) is 0 Å². The maximum Gasteiger partial charge on any atom is 0.136 e. The van der Waals surface area contributed by atoms with E-state index in [1.807, 2.05) is 6.07 Å². The van der Waals surface area contributed by atoms with Gasteiger partial charge in [0.2, 0.25) is 0 Å². The molecule has 1 unspecified atom stereocenters. The first-order chi connectivity index (χ1) is 10.2. The summed E-state index contributed by atoms with van der Waals surface area (Å²) in [5.74, 6) is 0.642. The summed E-state index contributed by atoms with van der Waals surface area (Å²) < 4.78 is 18.8. The molecule has 2 aromatic carbocycles. The van der Waals surface area contributed by atoms with E-state index < -0.39 is 6.10 Å². The SMILES string of the molecule is N#Cc1ccc(OCC(O)CSc2ccccc2F)cc1. The lowest BCUT2D eigenvalue weighted by atomic mass is 10.2. The van der Waals surface area contributed by atoms with Gasteiger partial charge in [0.15, 0.2) is 0 Å². The van der Waals surface area contributed by atoms with Crippen LogP contribution in [0.4, 0.5) is 4.39 Å². The van der Waals surface area contributed by atoms with E-state index in [2.05, 4.69) is 0 Å². The second-order valence-electron chi connectivity index (χ2n) is 4.34. The molecule has 0 aliphatic carbocycles. The van der Waals surface area contributed by atoms with Crippen LogP contribution in [0.2, 0.25) is 0 Å². The van der Waals surface area contributed by atoms with E-state index in [1.54, 1.807) is 42.5 Å². The van der Waals surface area contributed by atoms with E-state index in [0.29, 0.717) is 22.0 Å². The lowest BCUT2D eigenvalue weighted by molar-refractivity contribution is 0.126. The van der Waals surface area contributed by atoms with Crippen LogP contribution in [0.3, 0.4) is 0 Å². The monoisotopic (exact) mass is 303 g/mol. The molecule has 21 heavy (non-hydrogen) atoms. The maximum absolute atomic E-state index is 13.4. The number of nitriles is 1. The number of hydrogen-bond donors (Lipinski definition) is 1. The molecule has 0 fully saturated rings. The highest BCUT2D eigenvalue weighted by atomic mass is 32.2. The summed E-state index contributed by atoms with van der Waals surface area (Å²) >= 11 is 1.25.